The molecule has 0 aliphatic carbocycles. The molecule has 0 N–H and O–H groups in total. The number of benzene rings is 2. The molecule has 5 nitrogen and oxygen atoms in total. The molecule has 5 heteroatoms. The van der Waals surface area contributed by atoms with Gasteiger partial charge in [0.1, 0.15) is 11.5 Å². The molecule has 0 fully saturated rings. The van der Waals surface area contributed by atoms with Crippen molar-refractivity contribution in [3.63, 3.8) is 0 Å². The molecular weight excluding hydrogens is 316 g/mol. The lowest BCUT2D eigenvalue weighted by Gasteiger charge is -2.12. The topological polar surface area (TPSA) is 57.4 Å². The molecule has 3 aromatic rings. The number of hydrogen-bond donors (Lipinski definition) is 0. The number of aromatic nitrogens is 2. The van der Waals surface area contributed by atoms with Crippen molar-refractivity contribution in [3.8, 4) is 22.9 Å². The molecule has 0 saturated heterocycles. The molecular formula is C20H22N2O3. The smallest absolute Gasteiger partial charge is 0.223 e. The van der Waals surface area contributed by atoms with Crippen molar-refractivity contribution in [2.75, 3.05) is 13.2 Å². The lowest BCUT2D eigenvalue weighted by molar-refractivity contribution is 0.246. The molecule has 130 valence electrons. The number of rotatable bonds is 7. The lowest BCUT2D eigenvalue weighted by Crippen LogP contribution is -2.06. The van der Waals surface area contributed by atoms with Crippen LogP contribution in [0.15, 0.2) is 47.0 Å². The first-order valence-corrected chi connectivity index (χ1v) is 8.36. The van der Waals surface area contributed by atoms with Crippen LogP contribution in [0.3, 0.4) is 0 Å². The molecule has 0 saturated carbocycles. The summed E-state index contributed by atoms with van der Waals surface area (Å²) < 4.78 is 16.6. The van der Waals surface area contributed by atoms with Crippen molar-refractivity contribution in [1.82, 2.24) is 10.1 Å². The largest absolute Gasteiger partial charge is 0.493 e. The average Bonchev–Trinajstić information content (AvgIpc) is 3.04. The SMILES string of the molecule is Cc1nc(-c2ccc(OCCCOc3c(C)cccc3C)cc2)no1. The van der Waals surface area contributed by atoms with Gasteiger partial charge in [-0.25, -0.2) is 0 Å². The fourth-order valence-corrected chi connectivity index (χ4v) is 2.57. The molecule has 0 unspecified atom stereocenters. The van der Waals surface area contributed by atoms with E-state index in [4.69, 9.17) is 14.0 Å². The van der Waals surface area contributed by atoms with Gasteiger partial charge in [-0.1, -0.05) is 23.4 Å². The Balaban J connectivity index is 1.45. The van der Waals surface area contributed by atoms with Crippen molar-refractivity contribution >= 4 is 0 Å². The number of para-hydroxylation sites is 1. The minimum atomic E-state index is 0.555. The van der Waals surface area contributed by atoms with Crippen LogP contribution in [0, 0.1) is 20.8 Å². The minimum Gasteiger partial charge on any atom is -0.493 e. The average molecular weight is 338 g/mol. The van der Waals surface area contributed by atoms with Crippen LogP contribution in [0.2, 0.25) is 0 Å². The van der Waals surface area contributed by atoms with Crippen LogP contribution < -0.4 is 9.47 Å². The highest BCUT2D eigenvalue weighted by atomic mass is 16.5. The standard InChI is InChI=1S/C20H22N2O3/c1-14-6-4-7-15(2)19(14)24-13-5-12-23-18-10-8-17(9-11-18)20-21-16(3)25-22-20/h4,6-11H,5,12-13H2,1-3H3. The van der Waals surface area contributed by atoms with Gasteiger partial charge in [0.2, 0.25) is 11.7 Å². The third kappa shape index (κ3) is 4.38. The molecule has 2 aromatic carbocycles. The van der Waals surface area contributed by atoms with Crippen LogP contribution >= 0.6 is 0 Å². The van der Waals surface area contributed by atoms with Gasteiger partial charge in [0.05, 0.1) is 13.2 Å². The molecule has 25 heavy (non-hydrogen) atoms. The van der Waals surface area contributed by atoms with Crippen molar-refractivity contribution in [2.45, 2.75) is 27.2 Å². The van der Waals surface area contributed by atoms with Crippen molar-refractivity contribution in [3.05, 3.63) is 59.5 Å². The first-order chi connectivity index (χ1) is 12.1. The van der Waals surface area contributed by atoms with Crippen molar-refractivity contribution in [2.24, 2.45) is 0 Å². The second kappa shape index (κ2) is 7.83. The Labute approximate surface area is 147 Å². The lowest BCUT2D eigenvalue weighted by atomic mass is 10.1. The van der Waals surface area contributed by atoms with Gasteiger partial charge in [-0.05, 0) is 49.2 Å². The second-order valence-electron chi connectivity index (χ2n) is 5.93. The summed E-state index contributed by atoms with van der Waals surface area (Å²) >= 11 is 0. The van der Waals surface area contributed by atoms with Crippen molar-refractivity contribution < 1.29 is 14.0 Å². The quantitative estimate of drug-likeness (QED) is 0.593. The van der Waals surface area contributed by atoms with E-state index in [1.807, 2.05) is 30.3 Å². The van der Waals surface area contributed by atoms with Gasteiger partial charge >= 0.3 is 0 Å². The van der Waals surface area contributed by atoms with E-state index < -0.39 is 0 Å². The molecule has 0 amide bonds. The molecule has 0 spiro atoms. The summed E-state index contributed by atoms with van der Waals surface area (Å²) in [6.45, 7) is 7.13. The van der Waals surface area contributed by atoms with E-state index in [1.165, 1.54) is 0 Å². The van der Waals surface area contributed by atoms with Gasteiger partial charge in [0.25, 0.3) is 0 Å². The molecule has 0 radical (unpaired) electrons. The highest BCUT2D eigenvalue weighted by molar-refractivity contribution is 5.55. The van der Waals surface area contributed by atoms with Crippen LogP contribution in [0.4, 0.5) is 0 Å². The Morgan fingerprint density at radius 2 is 1.56 bits per heavy atom. The molecule has 3 rings (SSSR count). The molecule has 0 aliphatic rings. The summed E-state index contributed by atoms with van der Waals surface area (Å²) in [5.74, 6) is 2.93. The van der Waals surface area contributed by atoms with E-state index in [-0.39, 0.29) is 0 Å². The van der Waals surface area contributed by atoms with Crippen LogP contribution in [0.25, 0.3) is 11.4 Å². The van der Waals surface area contributed by atoms with Gasteiger partial charge in [-0.3, -0.25) is 0 Å². The fourth-order valence-electron chi connectivity index (χ4n) is 2.57. The number of aryl methyl sites for hydroxylation is 3. The molecule has 1 aromatic heterocycles. The maximum atomic E-state index is 5.88. The normalized spacial score (nSPS) is 10.7. The van der Waals surface area contributed by atoms with Crippen LogP contribution in [0.1, 0.15) is 23.4 Å². The van der Waals surface area contributed by atoms with E-state index in [1.54, 1.807) is 6.92 Å². The second-order valence-corrected chi connectivity index (χ2v) is 5.93. The van der Waals surface area contributed by atoms with Crippen LogP contribution in [0.5, 0.6) is 11.5 Å². The van der Waals surface area contributed by atoms with Gasteiger partial charge in [0.15, 0.2) is 0 Å². The summed E-state index contributed by atoms with van der Waals surface area (Å²) in [5, 5.41) is 3.90. The maximum Gasteiger partial charge on any atom is 0.223 e. The molecule has 0 aliphatic heterocycles. The van der Waals surface area contributed by atoms with Crippen LogP contribution in [-0.2, 0) is 0 Å². The zero-order valence-electron chi connectivity index (χ0n) is 14.8. The Morgan fingerprint density at radius 3 is 2.20 bits per heavy atom. The van der Waals surface area contributed by atoms with Gasteiger partial charge < -0.3 is 14.0 Å². The van der Waals surface area contributed by atoms with Crippen molar-refractivity contribution in [1.29, 1.82) is 0 Å². The Bertz CT molecular complexity index is 805. The van der Waals surface area contributed by atoms with Crippen LogP contribution in [-0.4, -0.2) is 23.4 Å². The summed E-state index contributed by atoms with van der Waals surface area (Å²) in [7, 11) is 0. The highest BCUT2D eigenvalue weighted by Crippen LogP contribution is 2.23. The predicted octanol–water partition coefficient (Wildman–Crippen LogP) is 4.51. The third-order valence-electron chi connectivity index (χ3n) is 3.85. The van der Waals surface area contributed by atoms with E-state index in [9.17, 15) is 0 Å². The molecule has 0 atom stereocenters. The highest BCUT2D eigenvalue weighted by Gasteiger charge is 2.06. The molecule has 0 bridgehead atoms. The summed E-state index contributed by atoms with van der Waals surface area (Å²) in [6.07, 6.45) is 0.819. The summed E-state index contributed by atoms with van der Waals surface area (Å²) in [6, 6.07) is 13.8. The summed E-state index contributed by atoms with van der Waals surface area (Å²) in [4.78, 5) is 4.20. The monoisotopic (exact) mass is 338 g/mol. The third-order valence-corrected chi connectivity index (χ3v) is 3.85. The number of ether oxygens (including phenoxy) is 2. The van der Waals surface area contributed by atoms with Gasteiger partial charge in [-0.2, -0.15) is 4.98 Å². The first kappa shape index (κ1) is 17.0. The first-order valence-electron chi connectivity index (χ1n) is 8.36. The Morgan fingerprint density at radius 1 is 0.880 bits per heavy atom. The van der Waals surface area contributed by atoms with Gasteiger partial charge in [0, 0.05) is 18.9 Å². The maximum absolute atomic E-state index is 5.88. The van der Waals surface area contributed by atoms with E-state index >= 15 is 0 Å². The number of nitrogens with zero attached hydrogens (tertiary/aromatic N) is 2. The minimum absolute atomic E-state index is 0.555. The Kier molecular flexibility index (Phi) is 5.33. The predicted molar refractivity (Wildman–Crippen MR) is 96.0 cm³/mol. The number of hydrogen-bond acceptors (Lipinski definition) is 5. The van der Waals surface area contributed by atoms with E-state index in [0.717, 1.165) is 34.6 Å². The zero-order chi connectivity index (χ0) is 17.6. The summed E-state index contributed by atoms with van der Waals surface area (Å²) in [5.41, 5.74) is 3.23. The Hall–Kier alpha value is -2.82. The zero-order valence-corrected chi connectivity index (χ0v) is 14.8. The fraction of sp³-hybridized carbons (Fsp3) is 0.300. The van der Waals surface area contributed by atoms with E-state index in [0.29, 0.717) is 24.9 Å². The van der Waals surface area contributed by atoms with Gasteiger partial charge in [-0.15, -0.1) is 0 Å². The van der Waals surface area contributed by atoms with E-state index in [2.05, 4.69) is 36.1 Å². The molecule has 1 heterocycles.